The molecule has 0 saturated carbocycles. The van der Waals surface area contributed by atoms with Gasteiger partial charge in [0.25, 0.3) is 5.92 Å². The van der Waals surface area contributed by atoms with Crippen LogP contribution >= 0.6 is 0 Å². The van der Waals surface area contributed by atoms with E-state index < -0.39 is 73.8 Å². The quantitative estimate of drug-likeness (QED) is 0.427. The van der Waals surface area contributed by atoms with Crippen LogP contribution in [0, 0.1) is 0 Å². The molecule has 1 atom stereocenters. The maximum absolute atomic E-state index is 14.6. The molecule has 0 saturated heterocycles. The monoisotopic (exact) mass is 456 g/mol. The van der Waals surface area contributed by atoms with Crippen LogP contribution in [0.15, 0.2) is 30.3 Å². The van der Waals surface area contributed by atoms with Gasteiger partial charge in [-0.1, -0.05) is 18.2 Å². The van der Waals surface area contributed by atoms with Crippen molar-refractivity contribution in [1.29, 1.82) is 0 Å². The topological polar surface area (TPSA) is 44.1 Å². The number of esters is 1. The molecule has 0 radical (unpaired) electrons. The van der Waals surface area contributed by atoms with E-state index in [1.165, 1.54) is 30.3 Å². The molecule has 1 aromatic heterocycles. The fraction of sp³-hybridized carbons (Fsp3) is 0.474. The molecule has 31 heavy (non-hydrogen) atoms. The SMILES string of the molecule is O=C(O[C@H]1c2c(C(F)(F)F)nn(CCCC(F)(F)F)c2CCC1(F)F)c1ccccc1. The molecule has 0 fully saturated rings. The molecule has 170 valence electrons. The number of hydrogen-bond donors (Lipinski definition) is 0. The molecule has 0 unspecified atom stereocenters. The van der Waals surface area contributed by atoms with Crippen LogP contribution in [0.4, 0.5) is 35.1 Å². The third-order valence-electron chi connectivity index (χ3n) is 4.77. The van der Waals surface area contributed by atoms with E-state index >= 15 is 0 Å². The number of fused-ring (bicyclic) bond motifs is 1. The molecule has 1 aromatic carbocycles. The molecule has 1 aliphatic rings. The summed E-state index contributed by atoms with van der Waals surface area (Å²) in [4.78, 5) is 12.3. The molecule has 0 N–H and O–H groups in total. The van der Waals surface area contributed by atoms with E-state index in [-0.39, 0.29) is 11.3 Å². The van der Waals surface area contributed by atoms with E-state index in [4.69, 9.17) is 4.74 Å². The average molecular weight is 456 g/mol. The van der Waals surface area contributed by atoms with Crippen molar-refractivity contribution >= 4 is 5.97 Å². The number of benzene rings is 1. The smallest absolute Gasteiger partial charge is 0.435 e. The number of aryl methyl sites for hydroxylation is 1. The summed E-state index contributed by atoms with van der Waals surface area (Å²) < 4.78 is 112. The Hall–Kier alpha value is -2.66. The summed E-state index contributed by atoms with van der Waals surface area (Å²) in [5, 5.41) is 3.28. The predicted molar refractivity (Wildman–Crippen MR) is 90.4 cm³/mol. The molecule has 0 spiro atoms. The van der Waals surface area contributed by atoms with E-state index in [2.05, 4.69) is 5.10 Å². The lowest BCUT2D eigenvalue weighted by Crippen LogP contribution is -2.36. The number of carbonyl (C=O) groups is 1. The van der Waals surface area contributed by atoms with Crippen LogP contribution in [-0.2, 0) is 23.9 Å². The summed E-state index contributed by atoms with van der Waals surface area (Å²) in [5.74, 6) is -5.08. The van der Waals surface area contributed by atoms with E-state index in [0.717, 1.165) is 0 Å². The van der Waals surface area contributed by atoms with Gasteiger partial charge in [-0.3, -0.25) is 4.68 Å². The Morgan fingerprint density at radius 3 is 2.35 bits per heavy atom. The van der Waals surface area contributed by atoms with Gasteiger partial charge in [0, 0.05) is 25.1 Å². The van der Waals surface area contributed by atoms with Crippen molar-refractivity contribution in [3.63, 3.8) is 0 Å². The lowest BCUT2D eigenvalue weighted by atomic mass is 9.89. The fourth-order valence-electron chi connectivity index (χ4n) is 3.40. The van der Waals surface area contributed by atoms with Crippen LogP contribution in [0.5, 0.6) is 0 Å². The summed E-state index contributed by atoms with van der Waals surface area (Å²) in [6, 6.07) is 6.86. The third kappa shape index (κ3) is 5.16. The second kappa shape index (κ2) is 8.12. The normalized spacial score (nSPS) is 18.5. The van der Waals surface area contributed by atoms with Crippen LogP contribution in [0.2, 0.25) is 0 Å². The second-order valence-electron chi connectivity index (χ2n) is 7.06. The highest BCUT2D eigenvalue weighted by molar-refractivity contribution is 5.89. The molecule has 4 nitrogen and oxygen atoms in total. The number of nitrogens with zero attached hydrogens (tertiary/aromatic N) is 2. The number of carbonyl (C=O) groups excluding carboxylic acids is 1. The largest absolute Gasteiger partial charge is 0.447 e. The molecule has 3 rings (SSSR count). The Bertz CT molecular complexity index is 935. The van der Waals surface area contributed by atoms with Crippen molar-refractivity contribution in [1.82, 2.24) is 9.78 Å². The number of ether oxygens (including phenoxy) is 1. The molecule has 0 aliphatic heterocycles. The molecule has 0 bridgehead atoms. The standard InChI is InChI=1S/C19H16F8N2O2/c20-17(21)9-7-12-13(15(17)31-16(30)11-5-2-1-3-6-11)14(19(25,26)27)28-29(12)10-4-8-18(22,23)24/h1-3,5-6,15H,4,7-10H2/t15-/m0/s1. The van der Waals surface area contributed by atoms with Gasteiger partial charge in [-0.25, -0.2) is 13.6 Å². The van der Waals surface area contributed by atoms with E-state index in [1.54, 1.807) is 0 Å². The van der Waals surface area contributed by atoms with Gasteiger partial charge in [0.2, 0.25) is 0 Å². The van der Waals surface area contributed by atoms with Gasteiger partial charge in [-0.15, -0.1) is 0 Å². The summed E-state index contributed by atoms with van der Waals surface area (Å²) in [5.41, 5.74) is -3.16. The maximum Gasteiger partial charge on any atom is 0.435 e. The van der Waals surface area contributed by atoms with Crippen molar-refractivity contribution in [2.45, 2.75) is 56.6 Å². The van der Waals surface area contributed by atoms with E-state index in [9.17, 15) is 39.9 Å². The first-order valence-electron chi connectivity index (χ1n) is 9.17. The zero-order chi connectivity index (χ0) is 23.0. The van der Waals surface area contributed by atoms with Crippen LogP contribution in [0.1, 0.15) is 52.7 Å². The van der Waals surface area contributed by atoms with Gasteiger partial charge in [-0.2, -0.15) is 31.4 Å². The molecular weight excluding hydrogens is 440 g/mol. The molecule has 2 aromatic rings. The van der Waals surface area contributed by atoms with Crippen LogP contribution in [-0.4, -0.2) is 27.8 Å². The minimum absolute atomic E-state index is 0.142. The lowest BCUT2D eigenvalue weighted by molar-refractivity contribution is -0.151. The Balaban J connectivity index is 1.99. The number of alkyl halides is 8. The van der Waals surface area contributed by atoms with E-state index in [1.807, 2.05) is 0 Å². The fourth-order valence-corrected chi connectivity index (χ4v) is 3.40. The molecule has 1 heterocycles. The van der Waals surface area contributed by atoms with Gasteiger partial charge in [0.1, 0.15) is 0 Å². The minimum atomic E-state index is -5.18. The average Bonchev–Trinajstić information content (AvgIpc) is 3.02. The van der Waals surface area contributed by atoms with Crippen molar-refractivity contribution in [2.24, 2.45) is 0 Å². The van der Waals surface area contributed by atoms with Gasteiger partial charge in [0.05, 0.1) is 11.1 Å². The van der Waals surface area contributed by atoms with Crippen LogP contribution in [0.3, 0.4) is 0 Å². The molecule has 0 amide bonds. The minimum Gasteiger partial charge on any atom is -0.447 e. The maximum atomic E-state index is 14.6. The first-order valence-corrected chi connectivity index (χ1v) is 9.17. The zero-order valence-electron chi connectivity index (χ0n) is 15.7. The third-order valence-corrected chi connectivity index (χ3v) is 4.77. The highest BCUT2D eigenvalue weighted by Crippen LogP contribution is 2.48. The van der Waals surface area contributed by atoms with Crippen LogP contribution in [0.25, 0.3) is 0 Å². The Morgan fingerprint density at radius 2 is 1.77 bits per heavy atom. The van der Waals surface area contributed by atoms with Crippen molar-refractivity contribution < 1.29 is 44.7 Å². The van der Waals surface area contributed by atoms with Crippen LogP contribution < -0.4 is 0 Å². The van der Waals surface area contributed by atoms with Crippen molar-refractivity contribution in [3.8, 4) is 0 Å². The molecule has 1 aliphatic carbocycles. The number of rotatable bonds is 5. The lowest BCUT2D eigenvalue weighted by Gasteiger charge is -2.32. The van der Waals surface area contributed by atoms with E-state index in [0.29, 0.717) is 4.68 Å². The number of aromatic nitrogens is 2. The summed E-state index contributed by atoms with van der Waals surface area (Å²) in [7, 11) is 0. The Kier molecular flexibility index (Phi) is 6.03. The summed E-state index contributed by atoms with van der Waals surface area (Å²) in [6.07, 6.45) is -15.6. The Morgan fingerprint density at radius 1 is 1.13 bits per heavy atom. The highest BCUT2D eigenvalue weighted by atomic mass is 19.4. The predicted octanol–water partition coefficient (Wildman–Crippen LogP) is 5.72. The number of halogens is 8. The van der Waals surface area contributed by atoms with Gasteiger partial charge in [-0.05, 0) is 25.0 Å². The highest BCUT2D eigenvalue weighted by Gasteiger charge is 2.54. The number of hydrogen-bond acceptors (Lipinski definition) is 3. The van der Waals surface area contributed by atoms with Crippen molar-refractivity contribution in [2.75, 3.05) is 0 Å². The second-order valence-corrected chi connectivity index (χ2v) is 7.06. The molecular formula is C19H16F8N2O2. The first kappa shape index (κ1) is 23.0. The van der Waals surface area contributed by atoms with Crippen molar-refractivity contribution in [3.05, 3.63) is 52.8 Å². The summed E-state index contributed by atoms with van der Waals surface area (Å²) in [6.45, 7) is -0.553. The molecule has 12 heteroatoms. The van der Waals surface area contributed by atoms with Gasteiger partial charge >= 0.3 is 18.3 Å². The first-order chi connectivity index (χ1) is 14.3. The Labute approximate surface area is 170 Å². The zero-order valence-corrected chi connectivity index (χ0v) is 15.7. The van der Waals surface area contributed by atoms with Gasteiger partial charge in [0.15, 0.2) is 11.8 Å². The summed E-state index contributed by atoms with van der Waals surface area (Å²) >= 11 is 0. The van der Waals surface area contributed by atoms with Gasteiger partial charge < -0.3 is 4.74 Å².